The van der Waals surface area contributed by atoms with Gasteiger partial charge in [0, 0.05) is 29.6 Å². The molecule has 0 fully saturated rings. The van der Waals surface area contributed by atoms with Crippen molar-refractivity contribution in [3.8, 4) is 0 Å². The lowest BCUT2D eigenvalue weighted by molar-refractivity contribution is 0.151. The molecule has 0 amide bonds. The summed E-state index contributed by atoms with van der Waals surface area (Å²) in [6, 6.07) is 10.7. The van der Waals surface area contributed by atoms with Crippen LogP contribution in [0.1, 0.15) is 28.5 Å². The molecular weight excluding hydrogens is 290 g/mol. The summed E-state index contributed by atoms with van der Waals surface area (Å²) in [4.78, 5) is 3.52. The predicted molar refractivity (Wildman–Crippen MR) is 83.8 cm³/mol. The number of hydrogen-bond acceptors (Lipinski definition) is 3. The monoisotopic (exact) mass is 310 g/mol. The van der Waals surface area contributed by atoms with E-state index in [1.165, 1.54) is 17.0 Å². The molecule has 1 unspecified atom stereocenters. The second-order valence-electron chi connectivity index (χ2n) is 5.03. The molecule has 0 aliphatic rings. The van der Waals surface area contributed by atoms with E-state index in [4.69, 9.17) is 5.73 Å². The van der Waals surface area contributed by atoms with Crippen LogP contribution in [0.5, 0.6) is 0 Å². The topological polar surface area (TPSA) is 29.3 Å². The number of nitrogens with two attached hydrogens (primary N) is 1. The first kappa shape index (κ1) is 16.1. The molecule has 1 heterocycles. The summed E-state index contributed by atoms with van der Waals surface area (Å²) >= 11 is 1.74. The lowest BCUT2D eigenvalue weighted by atomic mass is 10.0. The largest absolute Gasteiger partial charge is 0.329 e. The summed E-state index contributed by atoms with van der Waals surface area (Å²) < 4.78 is 25.2. The zero-order valence-electron chi connectivity index (χ0n) is 12.0. The summed E-state index contributed by atoms with van der Waals surface area (Å²) in [5, 5.41) is 2.07. The van der Waals surface area contributed by atoms with E-state index in [-0.39, 0.29) is 11.6 Å². The van der Waals surface area contributed by atoms with E-state index in [9.17, 15) is 8.78 Å². The molecule has 2 rings (SSSR count). The van der Waals surface area contributed by atoms with Crippen molar-refractivity contribution in [3.05, 3.63) is 57.8 Å². The van der Waals surface area contributed by atoms with Gasteiger partial charge in [0.2, 0.25) is 0 Å². The average Bonchev–Trinajstić information content (AvgIpc) is 3.00. The Bertz CT molecular complexity index is 526. The molecule has 0 saturated carbocycles. The van der Waals surface area contributed by atoms with Crippen molar-refractivity contribution >= 4 is 11.3 Å². The van der Waals surface area contributed by atoms with Gasteiger partial charge in [-0.05, 0) is 30.5 Å². The standard InChI is InChI=1S/C16H20F2N2S/c1-20(9-8-14-3-2-10-21-14)15(11-19)12-4-6-13(7-5-12)16(17)18/h2-7,10,15-16H,8-9,11,19H2,1H3. The number of likely N-dealkylation sites (N-methyl/N-ethyl adjacent to an activating group) is 1. The molecule has 21 heavy (non-hydrogen) atoms. The Morgan fingerprint density at radius 1 is 1.14 bits per heavy atom. The van der Waals surface area contributed by atoms with Crippen LogP contribution in [0.25, 0.3) is 0 Å². The van der Waals surface area contributed by atoms with Gasteiger partial charge >= 0.3 is 0 Å². The molecule has 1 atom stereocenters. The van der Waals surface area contributed by atoms with Crippen molar-refractivity contribution in [1.82, 2.24) is 4.90 Å². The van der Waals surface area contributed by atoms with Crippen molar-refractivity contribution in [2.75, 3.05) is 20.1 Å². The van der Waals surface area contributed by atoms with Gasteiger partial charge in [0.15, 0.2) is 0 Å². The predicted octanol–water partition coefficient (Wildman–Crippen LogP) is 3.86. The highest BCUT2D eigenvalue weighted by molar-refractivity contribution is 7.09. The Kier molecular flexibility index (Phi) is 5.85. The highest BCUT2D eigenvalue weighted by atomic mass is 32.1. The van der Waals surface area contributed by atoms with Crippen molar-refractivity contribution in [2.24, 2.45) is 5.73 Å². The number of halogens is 2. The van der Waals surface area contributed by atoms with E-state index in [0.29, 0.717) is 6.54 Å². The smallest absolute Gasteiger partial charge is 0.263 e. The molecule has 0 aliphatic heterocycles. The van der Waals surface area contributed by atoms with E-state index in [1.54, 1.807) is 23.5 Å². The minimum absolute atomic E-state index is 0.0516. The fourth-order valence-electron chi connectivity index (χ4n) is 2.33. The fourth-order valence-corrected chi connectivity index (χ4v) is 3.03. The Hall–Kier alpha value is -1.30. The molecule has 1 aromatic carbocycles. The van der Waals surface area contributed by atoms with Crippen LogP contribution >= 0.6 is 11.3 Å². The Morgan fingerprint density at radius 2 is 1.81 bits per heavy atom. The first-order valence-corrected chi connectivity index (χ1v) is 7.80. The lowest BCUT2D eigenvalue weighted by Crippen LogP contribution is -2.32. The minimum Gasteiger partial charge on any atom is -0.329 e. The number of thiophene rings is 1. The van der Waals surface area contributed by atoms with Gasteiger partial charge in [0.05, 0.1) is 0 Å². The summed E-state index contributed by atoms with van der Waals surface area (Å²) in [5.41, 5.74) is 6.90. The molecule has 1 aromatic heterocycles. The molecule has 0 saturated heterocycles. The van der Waals surface area contributed by atoms with E-state index < -0.39 is 6.43 Å². The molecule has 0 radical (unpaired) electrons. The first-order valence-electron chi connectivity index (χ1n) is 6.92. The minimum atomic E-state index is -2.42. The van der Waals surface area contributed by atoms with Crippen LogP contribution < -0.4 is 5.73 Å². The van der Waals surface area contributed by atoms with Crippen LogP contribution in [-0.2, 0) is 6.42 Å². The van der Waals surface area contributed by atoms with Gasteiger partial charge < -0.3 is 5.73 Å². The third-order valence-electron chi connectivity index (χ3n) is 3.62. The number of nitrogens with zero attached hydrogens (tertiary/aromatic N) is 1. The second-order valence-corrected chi connectivity index (χ2v) is 6.06. The second kappa shape index (κ2) is 7.64. The molecule has 0 bridgehead atoms. The fraction of sp³-hybridized carbons (Fsp3) is 0.375. The van der Waals surface area contributed by atoms with Crippen molar-refractivity contribution < 1.29 is 8.78 Å². The number of alkyl halides is 2. The normalized spacial score (nSPS) is 13.0. The van der Waals surface area contributed by atoms with E-state index in [2.05, 4.69) is 16.3 Å². The maximum absolute atomic E-state index is 12.6. The molecule has 0 aliphatic carbocycles. The molecule has 114 valence electrons. The van der Waals surface area contributed by atoms with Crippen molar-refractivity contribution in [1.29, 1.82) is 0 Å². The molecule has 2 nitrogen and oxygen atoms in total. The van der Waals surface area contributed by atoms with E-state index in [1.807, 2.05) is 13.1 Å². The van der Waals surface area contributed by atoms with E-state index >= 15 is 0 Å². The summed E-state index contributed by atoms with van der Waals surface area (Å²) in [7, 11) is 2.02. The molecular formula is C16H20F2N2S. The maximum atomic E-state index is 12.6. The Morgan fingerprint density at radius 3 is 2.33 bits per heavy atom. The summed E-state index contributed by atoms with van der Waals surface area (Å²) in [6.07, 6.45) is -1.45. The SMILES string of the molecule is CN(CCc1cccs1)C(CN)c1ccc(C(F)F)cc1. The van der Waals surface area contributed by atoms with Crippen LogP contribution in [0.2, 0.25) is 0 Å². The first-order chi connectivity index (χ1) is 10.1. The number of hydrogen-bond donors (Lipinski definition) is 1. The van der Waals surface area contributed by atoms with Gasteiger partial charge in [-0.3, -0.25) is 4.90 Å². The Balaban J connectivity index is 2.00. The summed E-state index contributed by atoms with van der Waals surface area (Å²) in [5.74, 6) is 0. The quantitative estimate of drug-likeness (QED) is 0.841. The molecule has 2 N–H and O–H groups in total. The number of benzene rings is 1. The summed E-state index contributed by atoms with van der Waals surface area (Å²) in [6.45, 7) is 1.36. The Labute approximate surface area is 128 Å². The van der Waals surface area contributed by atoms with Crippen molar-refractivity contribution in [2.45, 2.75) is 18.9 Å². The van der Waals surface area contributed by atoms with Gasteiger partial charge in [-0.1, -0.05) is 30.3 Å². The highest BCUT2D eigenvalue weighted by Crippen LogP contribution is 2.23. The van der Waals surface area contributed by atoms with Crippen LogP contribution in [0, 0.1) is 0 Å². The molecule has 5 heteroatoms. The average molecular weight is 310 g/mol. The van der Waals surface area contributed by atoms with Crippen molar-refractivity contribution in [3.63, 3.8) is 0 Å². The molecule has 2 aromatic rings. The van der Waals surface area contributed by atoms with Gasteiger partial charge in [0.1, 0.15) is 0 Å². The lowest BCUT2D eigenvalue weighted by Gasteiger charge is -2.27. The zero-order valence-corrected chi connectivity index (χ0v) is 12.8. The van der Waals surface area contributed by atoms with Gasteiger partial charge in [-0.25, -0.2) is 8.78 Å². The maximum Gasteiger partial charge on any atom is 0.263 e. The molecule has 0 spiro atoms. The van der Waals surface area contributed by atoms with Gasteiger partial charge in [-0.15, -0.1) is 11.3 Å². The van der Waals surface area contributed by atoms with Gasteiger partial charge in [0.25, 0.3) is 6.43 Å². The zero-order chi connectivity index (χ0) is 15.2. The highest BCUT2D eigenvalue weighted by Gasteiger charge is 2.16. The van der Waals surface area contributed by atoms with Gasteiger partial charge in [-0.2, -0.15) is 0 Å². The number of rotatable bonds is 7. The van der Waals surface area contributed by atoms with Crippen LogP contribution in [0.4, 0.5) is 8.78 Å². The van der Waals surface area contributed by atoms with Crippen LogP contribution in [-0.4, -0.2) is 25.0 Å². The third-order valence-corrected chi connectivity index (χ3v) is 4.56. The third kappa shape index (κ3) is 4.33. The van der Waals surface area contributed by atoms with Crippen LogP contribution in [0.3, 0.4) is 0 Å². The van der Waals surface area contributed by atoms with Crippen LogP contribution in [0.15, 0.2) is 41.8 Å². The van der Waals surface area contributed by atoms with E-state index in [0.717, 1.165) is 18.5 Å².